The average molecular weight is 299 g/mol. The number of nitrogens with zero attached hydrogens (tertiary/aromatic N) is 1. The van der Waals surface area contributed by atoms with Crippen molar-refractivity contribution in [1.82, 2.24) is 0 Å². The van der Waals surface area contributed by atoms with Crippen LogP contribution in [0.25, 0.3) is 0 Å². The fraction of sp³-hybridized carbons (Fsp3) is 0.600. The highest BCUT2D eigenvalue weighted by Gasteiger charge is 2.10. The van der Waals surface area contributed by atoms with Crippen LogP contribution in [0.5, 0.6) is 5.75 Å². The number of hydrogen-bond acceptors (Lipinski definition) is 4. The predicted octanol–water partition coefficient (Wildman–Crippen LogP) is 2.74. The normalized spacial score (nSPS) is 11.3. The van der Waals surface area contributed by atoms with Crippen LogP contribution in [-0.2, 0) is 9.84 Å². The first-order valence-corrected chi connectivity index (χ1v) is 8.94. The zero-order valence-corrected chi connectivity index (χ0v) is 13.4. The molecule has 114 valence electrons. The lowest BCUT2D eigenvalue weighted by molar-refractivity contribution is 0.414. The summed E-state index contributed by atoms with van der Waals surface area (Å²) in [5, 5.41) is 0. The van der Waals surface area contributed by atoms with E-state index in [9.17, 15) is 8.42 Å². The van der Waals surface area contributed by atoms with Crippen LogP contribution in [0, 0.1) is 0 Å². The van der Waals surface area contributed by atoms with Gasteiger partial charge in [0.25, 0.3) is 0 Å². The molecular formula is C15H25NO3S. The fourth-order valence-corrected chi connectivity index (χ4v) is 2.92. The van der Waals surface area contributed by atoms with Gasteiger partial charge in [0.2, 0.25) is 0 Å². The largest absolute Gasteiger partial charge is 0.497 e. The van der Waals surface area contributed by atoms with Gasteiger partial charge in [-0.15, -0.1) is 0 Å². The number of hydrogen-bond donors (Lipinski definition) is 0. The van der Waals surface area contributed by atoms with Gasteiger partial charge in [-0.05, 0) is 25.0 Å². The summed E-state index contributed by atoms with van der Waals surface area (Å²) in [7, 11) is -1.23. The topological polar surface area (TPSA) is 46.6 Å². The third kappa shape index (κ3) is 5.41. The van der Waals surface area contributed by atoms with Crippen molar-refractivity contribution in [2.45, 2.75) is 26.7 Å². The molecule has 0 amide bonds. The van der Waals surface area contributed by atoms with E-state index < -0.39 is 9.84 Å². The lowest BCUT2D eigenvalue weighted by Gasteiger charge is -2.24. The Morgan fingerprint density at radius 1 is 1.20 bits per heavy atom. The minimum Gasteiger partial charge on any atom is -0.497 e. The van der Waals surface area contributed by atoms with Gasteiger partial charge >= 0.3 is 0 Å². The third-order valence-corrected chi connectivity index (χ3v) is 5.03. The molecule has 0 fully saturated rings. The van der Waals surface area contributed by atoms with Crippen LogP contribution in [0.4, 0.5) is 5.69 Å². The van der Waals surface area contributed by atoms with Gasteiger partial charge in [-0.25, -0.2) is 8.42 Å². The van der Waals surface area contributed by atoms with Crippen LogP contribution in [-0.4, -0.2) is 40.1 Å². The summed E-state index contributed by atoms with van der Waals surface area (Å²) in [6.07, 6.45) is 1.69. The molecule has 20 heavy (non-hydrogen) atoms. The zero-order chi connectivity index (χ0) is 15.0. The molecule has 0 radical (unpaired) electrons. The van der Waals surface area contributed by atoms with Crippen LogP contribution in [0.2, 0.25) is 0 Å². The maximum Gasteiger partial charge on any atom is 0.150 e. The maximum absolute atomic E-state index is 11.5. The van der Waals surface area contributed by atoms with Gasteiger partial charge in [0.05, 0.1) is 12.9 Å². The number of methoxy groups -OCH3 is 1. The first-order chi connectivity index (χ1) is 9.52. The van der Waals surface area contributed by atoms with Gasteiger partial charge in [-0.1, -0.05) is 19.9 Å². The summed E-state index contributed by atoms with van der Waals surface area (Å²) in [5.74, 6) is 1.30. The molecule has 5 heteroatoms. The van der Waals surface area contributed by atoms with Crippen molar-refractivity contribution in [3.63, 3.8) is 0 Å². The van der Waals surface area contributed by atoms with Crippen LogP contribution in [0.3, 0.4) is 0 Å². The highest BCUT2D eigenvalue weighted by Crippen LogP contribution is 2.21. The standard InChI is InChI=1S/C15H25NO3S/c1-4-10-16(11-7-12-20(17,18)5-2)14-8-6-9-15(13-14)19-3/h6,8-9,13H,4-5,7,10-12H2,1-3H3. The Hall–Kier alpha value is -1.23. The van der Waals surface area contributed by atoms with Crippen molar-refractivity contribution in [3.05, 3.63) is 24.3 Å². The molecular weight excluding hydrogens is 274 g/mol. The van der Waals surface area contributed by atoms with Crippen molar-refractivity contribution in [3.8, 4) is 5.75 Å². The third-order valence-electron chi connectivity index (χ3n) is 3.24. The van der Waals surface area contributed by atoms with Crippen LogP contribution >= 0.6 is 0 Å². The molecule has 0 aliphatic carbocycles. The summed E-state index contributed by atoms with van der Waals surface area (Å²) >= 11 is 0. The van der Waals surface area contributed by atoms with Crippen molar-refractivity contribution in [2.24, 2.45) is 0 Å². The lowest BCUT2D eigenvalue weighted by atomic mass is 10.2. The quantitative estimate of drug-likeness (QED) is 0.703. The van der Waals surface area contributed by atoms with E-state index in [0.29, 0.717) is 6.42 Å². The molecule has 0 spiro atoms. The number of benzene rings is 1. The smallest absolute Gasteiger partial charge is 0.150 e. The second-order valence-corrected chi connectivity index (χ2v) is 7.25. The Kier molecular flexibility index (Phi) is 6.85. The van der Waals surface area contributed by atoms with Gasteiger partial charge in [0.1, 0.15) is 15.6 Å². The van der Waals surface area contributed by atoms with Crippen LogP contribution in [0.1, 0.15) is 26.7 Å². The van der Waals surface area contributed by atoms with E-state index in [-0.39, 0.29) is 11.5 Å². The van der Waals surface area contributed by atoms with E-state index >= 15 is 0 Å². The second-order valence-electron chi connectivity index (χ2n) is 4.78. The van der Waals surface area contributed by atoms with Crippen molar-refractivity contribution < 1.29 is 13.2 Å². The predicted molar refractivity (Wildman–Crippen MR) is 84.4 cm³/mol. The van der Waals surface area contributed by atoms with E-state index in [0.717, 1.165) is 30.9 Å². The van der Waals surface area contributed by atoms with E-state index in [4.69, 9.17) is 4.74 Å². The Morgan fingerprint density at radius 3 is 2.55 bits per heavy atom. The van der Waals surface area contributed by atoms with Crippen molar-refractivity contribution in [1.29, 1.82) is 0 Å². The van der Waals surface area contributed by atoms with Gasteiger partial charge in [0.15, 0.2) is 0 Å². The Balaban J connectivity index is 2.68. The molecule has 0 aromatic heterocycles. The minimum atomic E-state index is -2.88. The summed E-state index contributed by atoms with van der Waals surface area (Å²) in [6, 6.07) is 7.89. The molecule has 0 atom stereocenters. The fourth-order valence-electron chi connectivity index (χ4n) is 2.07. The first-order valence-electron chi connectivity index (χ1n) is 7.11. The molecule has 0 heterocycles. The van der Waals surface area contributed by atoms with Gasteiger partial charge in [0, 0.05) is 30.6 Å². The molecule has 0 aliphatic heterocycles. The van der Waals surface area contributed by atoms with E-state index in [1.807, 2.05) is 24.3 Å². The SMILES string of the molecule is CCCN(CCCS(=O)(=O)CC)c1cccc(OC)c1. The Bertz CT molecular complexity index is 500. The summed E-state index contributed by atoms with van der Waals surface area (Å²) in [4.78, 5) is 2.22. The van der Waals surface area contributed by atoms with Gasteiger partial charge < -0.3 is 9.64 Å². The molecule has 0 saturated heterocycles. The average Bonchev–Trinajstić information content (AvgIpc) is 2.46. The molecule has 0 unspecified atom stereocenters. The lowest BCUT2D eigenvalue weighted by Crippen LogP contribution is -2.27. The molecule has 1 aromatic rings. The zero-order valence-electron chi connectivity index (χ0n) is 12.6. The first kappa shape index (κ1) is 16.8. The number of ether oxygens (including phenoxy) is 1. The van der Waals surface area contributed by atoms with Crippen molar-refractivity contribution >= 4 is 15.5 Å². The van der Waals surface area contributed by atoms with Crippen LogP contribution < -0.4 is 9.64 Å². The monoisotopic (exact) mass is 299 g/mol. The number of sulfone groups is 1. The molecule has 0 saturated carbocycles. The van der Waals surface area contributed by atoms with Crippen LogP contribution in [0.15, 0.2) is 24.3 Å². The van der Waals surface area contributed by atoms with Gasteiger partial charge in [-0.3, -0.25) is 0 Å². The minimum absolute atomic E-state index is 0.222. The van der Waals surface area contributed by atoms with E-state index in [2.05, 4.69) is 11.8 Å². The molecule has 1 aromatic carbocycles. The second kappa shape index (κ2) is 8.15. The number of rotatable bonds is 9. The highest BCUT2D eigenvalue weighted by atomic mass is 32.2. The summed E-state index contributed by atoms with van der Waals surface area (Å²) in [6.45, 7) is 5.48. The molecule has 0 bridgehead atoms. The van der Waals surface area contributed by atoms with E-state index in [1.165, 1.54) is 0 Å². The summed E-state index contributed by atoms with van der Waals surface area (Å²) < 4.78 is 28.3. The van der Waals surface area contributed by atoms with E-state index in [1.54, 1.807) is 14.0 Å². The highest BCUT2D eigenvalue weighted by molar-refractivity contribution is 7.91. The number of anilines is 1. The maximum atomic E-state index is 11.5. The van der Waals surface area contributed by atoms with Gasteiger partial charge in [-0.2, -0.15) is 0 Å². The summed E-state index contributed by atoms with van der Waals surface area (Å²) in [5.41, 5.74) is 1.08. The molecule has 0 aliphatic rings. The Morgan fingerprint density at radius 2 is 1.95 bits per heavy atom. The van der Waals surface area contributed by atoms with Crippen molar-refractivity contribution in [2.75, 3.05) is 36.6 Å². The molecule has 1 rings (SSSR count). The molecule has 4 nitrogen and oxygen atoms in total. The molecule has 0 N–H and O–H groups in total. The Labute approximate surface area is 122 Å².